The number of amides is 1. The summed E-state index contributed by atoms with van der Waals surface area (Å²) in [5, 5.41) is 12.3. The molecule has 120 valence electrons. The zero-order valence-electron chi connectivity index (χ0n) is 13.3. The molecule has 0 fully saturated rings. The summed E-state index contributed by atoms with van der Waals surface area (Å²) in [4.78, 5) is 12.4. The second kappa shape index (κ2) is 7.02. The van der Waals surface area contributed by atoms with Crippen molar-refractivity contribution < 1.29 is 4.79 Å². The van der Waals surface area contributed by atoms with Crippen LogP contribution in [0.5, 0.6) is 0 Å². The summed E-state index contributed by atoms with van der Waals surface area (Å²) in [7, 11) is 0. The van der Waals surface area contributed by atoms with E-state index in [4.69, 9.17) is 0 Å². The van der Waals surface area contributed by atoms with Crippen molar-refractivity contribution in [2.45, 2.75) is 19.3 Å². The minimum atomic E-state index is -0.724. The van der Waals surface area contributed by atoms with Gasteiger partial charge in [-0.15, -0.1) is 0 Å². The first-order valence-electron chi connectivity index (χ1n) is 7.89. The summed E-state index contributed by atoms with van der Waals surface area (Å²) >= 11 is 3.46. The first-order chi connectivity index (χ1) is 11.6. The molecule has 0 aromatic heterocycles. The lowest BCUT2D eigenvalue weighted by molar-refractivity contribution is -0.122. The third-order valence-electron chi connectivity index (χ3n) is 4.29. The summed E-state index contributed by atoms with van der Waals surface area (Å²) in [5.41, 5.74) is 3.92. The first-order valence-corrected chi connectivity index (χ1v) is 8.68. The SMILES string of the molecule is CCc1ccc(C2=C[C@H](c3cccc(Br)c3)[C@H](C#N)C(=O)N2)cc1. The molecule has 0 spiro atoms. The Balaban J connectivity index is 2.03. The fourth-order valence-corrected chi connectivity index (χ4v) is 3.34. The van der Waals surface area contributed by atoms with Crippen LogP contribution in [0.3, 0.4) is 0 Å². The molecule has 1 amide bonds. The predicted molar refractivity (Wildman–Crippen MR) is 97.9 cm³/mol. The summed E-state index contributed by atoms with van der Waals surface area (Å²) in [6.07, 6.45) is 2.96. The summed E-state index contributed by atoms with van der Waals surface area (Å²) in [6, 6.07) is 18.0. The van der Waals surface area contributed by atoms with Gasteiger partial charge in [-0.3, -0.25) is 4.79 Å². The van der Waals surface area contributed by atoms with Crippen LogP contribution >= 0.6 is 15.9 Å². The highest BCUT2D eigenvalue weighted by molar-refractivity contribution is 9.10. The number of carbonyl (C=O) groups is 1. The number of allylic oxidation sites excluding steroid dienone is 1. The zero-order valence-corrected chi connectivity index (χ0v) is 14.9. The van der Waals surface area contributed by atoms with Gasteiger partial charge >= 0.3 is 0 Å². The molecule has 0 radical (unpaired) electrons. The average Bonchev–Trinajstić information content (AvgIpc) is 2.61. The quantitative estimate of drug-likeness (QED) is 0.857. The molecule has 3 rings (SSSR count). The number of nitrogens with zero attached hydrogens (tertiary/aromatic N) is 1. The van der Waals surface area contributed by atoms with Crippen LogP contribution in [-0.4, -0.2) is 5.91 Å². The lowest BCUT2D eigenvalue weighted by Gasteiger charge is -2.26. The van der Waals surface area contributed by atoms with E-state index >= 15 is 0 Å². The number of hydrogen-bond donors (Lipinski definition) is 1. The van der Waals surface area contributed by atoms with Crippen molar-refractivity contribution >= 4 is 27.5 Å². The zero-order chi connectivity index (χ0) is 17.1. The summed E-state index contributed by atoms with van der Waals surface area (Å²) < 4.78 is 0.935. The second-order valence-corrected chi connectivity index (χ2v) is 6.72. The van der Waals surface area contributed by atoms with Gasteiger partial charge in [0.1, 0.15) is 5.92 Å². The molecule has 0 bridgehead atoms. The summed E-state index contributed by atoms with van der Waals surface area (Å²) in [5.74, 6) is -1.24. The van der Waals surface area contributed by atoms with Gasteiger partial charge < -0.3 is 5.32 Å². The van der Waals surface area contributed by atoms with Crippen LogP contribution in [0.4, 0.5) is 0 Å². The van der Waals surface area contributed by atoms with Gasteiger partial charge in [0.25, 0.3) is 0 Å². The molecule has 4 heteroatoms. The standard InChI is InChI=1S/C20H17BrN2O/c1-2-13-6-8-14(9-7-13)19-11-17(18(12-22)20(24)23-19)15-4-3-5-16(21)10-15/h3-11,17-18H,2H2,1H3,(H,23,24)/t17-,18+/m1/s1. The number of nitrogens with one attached hydrogen (secondary N) is 1. The number of aryl methyl sites for hydroxylation is 1. The maximum atomic E-state index is 12.4. The highest BCUT2D eigenvalue weighted by Crippen LogP contribution is 2.34. The molecule has 1 aliphatic rings. The largest absolute Gasteiger partial charge is 0.325 e. The van der Waals surface area contributed by atoms with Crippen molar-refractivity contribution in [3.63, 3.8) is 0 Å². The van der Waals surface area contributed by atoms with E-state index in [0.717, 1.165) is 27.7 Å². The second-order valence-electron chi connectivity index (χ2n) is 5.81. The predicted octanol–water partition coefficient (Wildman–Crippen LogP) is 4.41. The highest BCUT2D eigenvalue weighted by Gasteiger charge is 2.33. The molecule has 1 N–H and O–H groups in total. The fourth-order valence-electron chi connectivity index (χ4n) is 2.92. The number of nitriles is 1. The maximum absolute atomic E-state index is 12.4. The number of benzene rings is 2. The first kappa shape index (κ1) is 16.5. The molecule has 2 atom stereocenters. The monoisotopic (exact) mass is 380 g/mol. The van der Waals surface area contributed by atoms with Crippen molar-refractivity contribution in [3.8, 4) is 6.07 Å². The molecule has 0 saturated carbocycles. The number of hydrogen-bond acceptors (Lipinski definition) is 2. The van der Waals surface area contributed by atoms with Crippen molar-refractivity contribution in [3.05, 3.63) is 75.8 Å². The topological polar surface area (TPSA) is 52.9 Å². The van der Waals surface area contributed by atoms with Gasteiger partial charge in [0, 0.05) is 16.1 Å². The number of rotatable bonds is 3. The molecule has 1 heterocycles. The molecule has 3 nitrogen and oxygen atoms in total. The Morgan fingerprint density at radius 3 is 2.58 bits per heavy atom. The molecule has 2 aromatic carbocycles. The highest BCUT2D eigenvalue weighted by atomic mass is 79.9. The fraction of sp³-hybridized carbons (Fsp3) is 0.200. The Kier molecular flexibility index (Phi) is 4.82. The van der Waals surface area contributed by atoms with E-state index in [1.54, 1.807) is 0 Å². The normalized spacial score (nSPS) is 20.0. The van der Waals surface area contributed by atoms with E-state index in [-0.39, 0.29) is 11.8 Å². The van der Waals surface area contributed by atoms with Crippen LogP contribution in [0.2, 0.25) is 0 Å². The third-order valence-corrected chi connectivity index (χ3v) is 4.78. The lowest BCUT2D eigenvalue weighted by Crippen LogP contribution is -2.36. The molecule has 0 saturated heterocycles. The van der Waals surface area contributed by atoms with Gasteiger partial charge in [-0.25, -0.2) is 0 Å². The lowest BCUT2D eigenvalue weighted by atomic mass is 9.82. The average molecular weight is 381 g/mol. The van der Waals surface area contributed by atoms with Crippen LogP contribution < -0.4 is 5.32 Å². The molecule has 2 aromatic rings. The Hall–Kier alpha value is -2.38. The van der Waals surface area contributed by atoms with Crippen LogP contribution in [-0.2, 0) is 11.2 Å². The van der Waals surface area contributed by atoms with Crippen LogP contribution in [0, 0.1) is 17.2 Å². The number of carbonyl (C=O) groups excluding carboxylic acids is 1. The molecule has 0 unspecified atom stereocenters. The van der Waals surface area contributed by atoms with E-state index in [2.05, 4.69) is 46.4 Å². The Morgan fingerprint density at radius 2 is 1.96 bits per heavy atom. The molecular weight excluding hydrogens is 364 g/mol. The Bertz CT molecular complexity index is 833. The van der Waals surface area contributed by atoms with E-state index in [9.17, 15) is 10.1 Å². The van der Waals surface area contributed by atoms with Crippen molar-refractivity contribution in [2.24, 2.45) is 5.92 Å². The van der Waals surface area contributed by atoms with Gasteiger partial charge in [0.05, 0.1) is 6.07 Å². The van der Waals surface area contributed by atoms with Crippen molar-refractivity contribution in [2.75, 3.05) is 0 Å². The molecule has 1 aliphatic heterocycles. The van der Waals surface area contributed by atoms with E-state index in [1.807, 2.05) is 42.5 Å². The minimum Gasteiger partial charge on any atom is -0.325 e. The van der Waals surface area contributed by atoms with E-state index < -0.39 is 5.92 Å². The third kappa shape index (κ3) is 3.27. The minimum absolute atomic E-state index is 0.250. The van der Waals surface area contributed by atoms with Crippen molar-refractivity contribution in [1.29, 1.82) is 5.26 Å². The maximum Gasteiger partial charge on any atom is 0.242 e. The molecule has 0 aliphatic carbocycles. The van der Waals surface area contributed by atoms with Crippen LogP contribution in [0.15, 0.2) is 59.1 Å². The Labute approximate surface area is 150 Å². The van der Waals surface area contributed by atoms with Gasteiger partial charge in [-0.1, -0.05) is 65.3 Å². The van der Waals surface area contributed by atoms with E-state index in [1.165, 1.54) is 5.56 Å². The molecular formula is C20H17BrN2O. The number of halogens is 1. The van der Waals surface area contributed by atoms with Crippen LogP contribution in [0.1, 0.15) is 29.5 Å². The smallest absolute Gasteiger partial charge is 0.242 e. The van der Waals surface area contributed by atoms with Crippen molar-refractivity contribution in [1.82, 2.24) is 5.32 Å². The van der Waals surface area contributed by atoms with Gasteiger partial charge in [0.15, 0.2) is 0 Å². The summed E-state index contributed by atoms with van der Waals surface area (Å²) in [6.45, 7) is 2.11. The van der Waals surface area contributed by atoms with Gasteiger partial charge in [-0.2, -0.15) is 5.26 Å². The van der Waals surface area contributed by atoms with Gasteiger partial charge in [-0.05, 0) is 35.2 Å². The van der Waals surface area contributed by atoms with E-state index in [0.29, 0.717) is 0 Å². The van der Waals surface area contributed by atoms with Gasteiger partial charge in [0.2, 0.25) is 5.91 Å². The Morgan fingerprint density at radius 1 is 1.21 bits per heavy atom. The van der Waals surface area contributed by atoms with Crippen LogP contribution in [0.25, 0.3) is 5.70 Å². The molecule has 24 heavy (non-hydrogen) atoms.